The maximum Gasteiger partial charge on any atom is 0.308 e. The van der Waals surface area contributed by atoms with E-state index in [-0.39, 0.29) is 0 Å². The summed E-state index contributed by atoms with van der Waals surface area (Å²) >= 11 is 0. The summed E-state index contributed by atoms with van der Waals surface area (Å²) in [7, 11) is 1.44. The molecule has 0 saturated carbocycles. The van der Waals surface area contributed by atoms with E-state index in [1.165, 1.54) is 20.2 Å². The second-order valence-corrected chi connectivity index (χ2v) is 4.55. The van der Waals surface area contributed by atoms with E-state index in [9.17, 15) is 4.79 Å². The van der Waals surface area contributed by atoms with Crippen molar-refractivity contribution in [2.24, 2.45) is 5.16 Å². The van der Waals surface area contributed by atoms with Crippen molar-refractivity contribution in [3.63, 3.8) is 0 Å². The van der Waals surface area contributed by atoms with Gasteiger partial charge in [-0.1, -0.05) is 29.4 Å². The Labute approximate surface area is 129 Å². The van der Waals surface area contributed by atoms with Crippen LogP contribution in [0.2, 0.25) is 0 Å². The molecule has 114 valence electrons. The maximum absolute atomic E-state index is 11.2. The zero-order valence-electron chi connectivity index (χ0n) is 12.7. The Kier molecular flexibility index (Phi) is 5.14. The molecule has 0 heterocycles. The Balaban J connectivity index is 2.43. The van der Waals surface area contributed by atoms with Gasteiger partial charge in [-0.15, -0.1) is 0 Å². The fourth-order valence-electron chi connectivity index (χ4n) is 1.88. The summed E-state index contributed by atoms with van der Waals surface area (Å²) in [5, 5.41) is 3.74. The van der Waals surface area contributed by atoms with Gasteiger partial charge in [0, 0.05) is 6.92 Å². The van der Waals surface area contributed by atoms with Gasteiger partial charge in [-0.05, 0) is 30.7 Å². The number of ether oxygens (including phenoxy) is 2. The molecule has 0 unspecified atom stereocenters. The molecule has 22 heavy (non-hydrogen) atoms. The number of hydrogen-bond acceptors (Lipinski definition) is 5. The first-order valence-corrected chi connectivity index (χ1v) is 6.73. The number of hydrogen-bond donors (Lipinski definition) is 0. The summed E-state index contributed by atoms with van der Waals surface area (Å²) in [6.07, 6.45) is 1.45. The first-order chi connectivity index (χ1) is 10.6. The van der Waals surface area contributed by atoms with Crippen LogP contribution in [0.25, 0.3) is 0 Å². The average molecular weight is 299 g/mol. The van der Waals surface area contributed by atoms with Crippen molar-refractivity contribution in [2.75, 3.05) is 7.11 Å². The minimum absolute atomic E-state index is 0.361. The molecule has 0 aliphatic rings. The number of carbonyl (C=O) groups is 1. The van der Waals surface area contributed by atoms with Gasteiger partial charge in [-0.2, -0.15) is 0 Å². The van der Waals surface area contributed by atoms with E-state index in [1.807, 2.05) is 31.2 Å². The van der Waals surface area contributed by atoms with E-state index < -0.39 is 5.97 Å². The molecule has 0 amide bonds. The van der Waals surface area contributed by atoms with Crippen molar-refractivity contribution in [3.05, 3.63) is 53.6 Å². The molecule has 2 aromatic rings. The molecule has 0 bridgehead atoms. The summed E-state index contributed by atoms with van der Waals surface area (Å²) < 4.78 is 11.1. The van der Waals surface area contributed by atoms with Crippen LogP contribution in [0.5, 0.6) is 17.2 Å². The third-order valence-electron chi connectivity index (χ3n) is 2.88. The van der Waals surface area contributed by atoms with Gasteiger partial charge in [-0.3, -0.25) is 4.79 Å². The van der Waals surface area contributed by atoms with Crippen LogP contribution in [0.4, 0.5) is 0 Å². The lowest BCUT2D eigenvalue weighted by Gasteiger charge is -2.13. The Morgan fingerprint density at radius 3 is 2.41 bits per heavy atom. The summed E-state index contributed by atoms with van der Waals surface area (Å²) in [6.45, 7) is 3.29. The lowest BCUT2D eigenvalue weighted by molar-refractivity contribution is -0.131. The third-order valence-corrected chi connectivity index (χ3v) is 2.88. The standard InChI is InChI=1S/C17H17NO4/c1-12-7-4-5-8-15(12)22-17-10-6-9-16(21-13(2)19)14(17)11-18-20-3/h4-11H,1-3H3/b18-11+. The highest BCUT2D eigenvalue weighted by atomic mass is 16.6. The van der Waals surface area contributed by atoms with E-state index in [2.05, 4.69) is 5.16 Å². The van der Waals surface area contributed by atoms with Gasteiger partial charge >= 0.3 is 5.97 Å². The largest absolute Gasteiger partial charge is 0.456 e. The molecule has 0 fully saturated rings. The van der Waals surface area contributed by atoms with Crippen molar-refractivity contribution < 1.29 is 19.1 Å². The second-order valence-electron chi connectivity index (χ2n) is 4.55. The van der Waals surface area contributed by atoms with Crippen molar-refractivity contribution in [1.29, 1.82) is 0 Å². The summed E-state index contributed by atoms with van der Waals surface area (Å²) in [5.41, 5.74) is 1.53. The van der Waals surface area contributed by atoms with E-state index in [1.54, 1.807) is 18.2 Å². The highest BCUT2D eigenvalue weighted by Gasteiger charge is 2.12. The third kappa shape index (κ3) is 3.85. The summed E-state index contributed by atoms with van der Waals surface area (Å²) in [5.74, 6) is 1.18. The van der Waals surface area contributed by atoms with E-state index in [4.69, 9.17) is 14.3 Å². The van der Waals surface area contributed by atoms with Gasteiger partial charge in [0.1, 0.15) is 24.4 Å². The van der Waals surface area contributed by atoms with Gasteiger partial charge in [0.15, 0.2) is 0 Å². The molecule has 0 N–H and O–H groups in total. The van der Waals surface area contributed by atoms with Crippen molar-refractivity contribution >= 4 is 12.2 Å². The van der Waals surface area contributed by atoms with Crippen molar-refractivity contribution in [2.45, 2.75) is 13.8 Å². The topological polar surface area (TPSA) is 57.1 Å². The number of benzene rings is 2. The summed E-state index contributed by atoms with van der Waals surface area (Å²) in [4.78, 5) is 15.9. The highest BCUT2D eigenvalue weighted by Crippen LogP contribution is 2.32. The number of aryl methyl sites for hydroxylation is 1. The Hall–Kier alpha value is -2.82. The number of para-hydroxylation sites is 1. The Morgan fingerprint density at radius 2 is 1.73 bits per heavy atom. The van der Waals surface area contributed by atoms with Crippen LogP contribution in [0, 0.1) is 6.92 Å². The predicted octanol–water partition coefficient (Wildman–Crippen LogP) is 3.69. The fraction of sp³-hybridized carbons (Fsp3) is 0.176. The zero-order valence-corrected chi connectivity index (χ0v) is 12.7. The summed E-state index contributed by atoms with van der Waals surface area (Å²) in [6, 6.07) is 12.8. The molecule has 5 heteroatoms. The molecule has 0 aliphatic heterocycles. The SMILES string of the molecule is CO/N=C/c1c(OC(C)=O)cccc1Oc1ccccc1C. The minimum atomic E-state index is -0.417. The smallest absolute Gasteiger partial charge is 0.308 e. The molecule has 0 aromatic heterocycles. The monoisotopic (exact) mass is 299 g/mol. The molecule has 0 atom stereocenters. The van der Waals surface area contributed by atoms with Crippen LogP contribution in [0.1, 0.15) is 18.1 Å². The molecular formula is C17H17NO4. The molecule has 2 rings (SSSR count). The highest BCUT2D eigenvalue weighted by molar-refractivity contribution is 5.88. The predicted molar refractivity (Wildman–Crippen MR) is 83.6 cm³/mol. The van der Waals surface area contributed by atoms with Crippen LogP contribution in [0.15, 0.2) is 47.6 Å². The number of carbonyl (C=O) groups excluding carboxylic acids is 1. The lowest BCUT2D eigenvalue weighted by atomic mass is 10.2. The maximum atomic E-state index is 11.2. The van der Waals surface area contributed by atoms with Crippen LogP contribution >= 0.6 is 0 Å². The molecule has 0 aliphatic carbocycles. The van der Waals surface area contributed by atoms with Gasteiger partial charge in [0.25, 0.3) is 0 Å². The Bertz CT molecular complexity index is 695. The number of oxime groups is 1. The number of esters is 1. The van der Waals surface area contributed by atoms with Gasteiger partial charge < -0.3 is 14.3 Å². The van der Waals surface area contributed by atoms with Crippen LogP contribution in [-0.4, -0.2) is 19.3 Å². The quantitative estimate of drug-likeness (QED) is 0.365. The first-order valence-electron chi connectivity index (χ1n) is 6.73. The van der Waals surface area contributed by atoms with Crippen LogP contribution in [0.3, 0.4) is 0 Å². The van der Waals surface area contributed by atoms with Gasteiger partial charge in [-0.25, -0.2) is 0 Å². The Morgan fingerprint density at radius 1 is 1.05 bits per heavy atom. The average Bonchev–Trinajstić information content (AvgIpc) is 2.48. The number of nitrogens with zero attached hydrogens (tertiary/aromatic N) is 1. The van der Waals surface area contributed by atoms with Gasteiger partial charge in [0.05, 0.1) is 11.8 Å². The lowest BCUT2D eigenvalue weighted by Crippen LogP contribution is -2.05. The number of rotatable bonds is 5. The zero-order chi connectivity index (χ0) is 15.9. The molecular weight excluding hydrogens is 282 g/mol. The van der Waals surface area contributed by atoms with Crippen molar-refractivity contribution in [3.8, 4) is 17.2 Å². The molecule has 2 aromatic carbocycles. The normalized spacial score (nSPS) is 10.5. The van der Waals surface area contributed by atoms with E-state index in [0.717, 1.165) is 11.3 Å². The van der Waals surface area contributed by atoms with Crippen molar-refractivity contribution in [1.82, 2.24) is 0 Å². The first kappa shape index (κ1) is 15.6. The molecule has 0 spiro atoms. The van der Waals surface area contributed by atoms with E-state index in [0.29, 0.717) is 17.1 Å². The fourth-order valence-corrected chi connectivity index (χ4v) is 1.88. The molecule has 0 saturated heterocycles. The van der Waals surface area contributed by atoms with Crippen LogP contribution in [-0.2, 0) is 9.63 Å². The second kappa shape index (κ2) is 7.26. The molecule has 0 radical (unpaired) electrons. The van der Waals surface area contributed by atoms with Gasteiger partial charge in [0.2, 0.25) is 0 Å². The minimum Gasteiger partial charge on any atom is -0.456 e. The van der Waals surface area contributed by atoms with E-state index >= 15 is 0 Å². The van der Waals surface area contributed by atoms with Crippen LogP contribution < -0.4 is 9.47 Å². The molecule has 5 nitrogen and oxygen atoms in total.